The van der Waals surface area contributed by atoms with Crippen LogP contribution in [0.1, 0.15) is 47.0 Å². The number of hydrogen-bond donors (Lipinski definition) is 2. The molecule has 0 aromatic rings. The lowest BCUT2D eigenvalue weighted by molar-refractivity contribution is -0.132. The lowest BCUT2D eigenvalue weighted by atomic mass is 9.97. The molecule has 1 saturated carbocycles. The summed E-state index contributed by atoms with van der Waals surface area (Å²) >= 11 is 0. The third-order valence-electron chi connectivity index (χ3n) is 3.87. The maximum absolute atomic E-state index is 12.5. The van der Waals surface area contributed by atoms with Crippen LogP contribution in [-0.2, 0) is 14.4 Å². The van der Waals surface area contributed by atoms with Crippen LogP contribution in [-0.4, -0.2) is 30.2 Å². The van der Waals surface area contributed by atoms with Crippen molar-refractivity contribution in [1.82, 2.24) is 10.6 Å². The molecule has 0 saturated heterocycles. The number of nitrogens with one attached hydrogen (secondary N) is 2. The second kappa shape index (κ2) is 8.71. The Hall–Kier alpha value is -1.65. The quantitative estimate of drug-likeness (QED) is 0.504. The molecule has 0 unspecified atom stereocenters. The first kappa shape index (κ1) is 18.4. The van der Waals surface area contributed by atoms with E-state index in [1.165, 1.54) is 12.8 Å². The van der Waals surface area contributed by atoms with Crippen LogP contribution in [0.15, 0.2) is 12.2 Å². The molecule has 0 aliphatic heterocycles. The summed E-state index contributed by atoms with van der Waals surface area (Å²) in [6.07, 6.45) is 7.67. The molecule has 124 valence electrons. The summed E-state index contributed by atoms with van der Waals surface area (Å²) < 4.78 is 0. The van der Waals surface area contributed by atoms with Crippen molar-refractivity contribution < 1.29 is 14.4 Å². The zero-order valence-electron chi connectivity index (χ0n) is 14.0. The average molecular weight is 308 g/mol. The van der Waals surface area contributed by atoms with E-state index in [9.17, 15) is 14.4 Å². The Morgan fingerprint density at radius 3 is 2.23 bits per heavy atom. The maximum atomic E-state index is 12.5. The van der Waals surface area contributed by atoms with Gasteiger partial charge in [-0.2, -0.15) is 0 Å². The second-order valence-corrected chi connectivity index (χ2v) is 6.47. The minimum Gasteiger partial charge on any atom is -0.345 e. The molecule has 5 heteroatoms. The van der Waals surface area contributed by atoms with E-state index in [-0.39, 0.29) is 23.7 Å². The van der Waals surface area contributed by atoms with Crippen molar-refractivity contribution >= 4 is 18.1 Å². The molecule has 0 radical (unpaired) electrons. The summed E-state index contributed by atoms with van der Waals surface area (Å²) in [7, 11) is 0. The van der Waals surface area contributed by atoms with E-state index in [0.717, 1.165) is 6.42 Å². The fourth-order valence-electron chi connectivity index (χ4n) is 2.36. The van der Waals surface area contributed by atoms with Gasteiger partial charge in [0.1, 0.15) is 12.3 Å². The number of amides is 2. The van der Waals surface area contributed by atoms with Crippen LogP contribution in [0.4, 0.5) is 0 Å². The minimum absolute atomic E-state index is 0.0463. The van der Waals surface area contributed by atoms with E-state index < -0.39 is 12.1 Å². The van der Waals surface area contributed by atoms with Gasteiger partial charge in [0.25, 0.3) is 0 Å². The molecule has 22 heavy (non-hydrogen) atoms. The van der Waals surface area contributed by atoms with E-state index in [1.54, 1.807) is 6.92 Å². The Labute approximate surface area is 132 Å². The van der Waals surface area contributed by atoms with Gasteiger partial charge in [-0.15, -0.1) is 0 Å². The second-order valence-electron chi connectivity index (χ2n) is 6.47. The van der Waals surface area contributed by atoms with Crippen LogP contribution in [0.5, 0.6) is 0 Å². The van der Waals surface area contributed by atoms with Gasteiger partial charge in [0.05, 0.1) is 12.0 Å². The normalized spacial score (nSPS) is 18.8. The van der Waals surface area contributed by atoms with Crippen LogP contribution < -0.4 is 10.6 Å². The van der Waals surface area contributed by atoms with Crippen molar-refractivity contribution in [2.24, 2.45) is 17.8 Å². The summed E-state index contributed by atoms with van der Waals surface area (Å²) in [5, 5.41) is 5.45. The number of carbonyl (C=O) groups excluding carboxylic acids is 3. The fourth-order valence-corrected chi connectivity index (χ4v) is 2.36. The Morgan fingerprint density at radius 1 is 1.14 bits per heavy atom. The summed E-state index contributed by atoms with van der Waals surface area (Å²) in [5.74, 6) is -0.0235. The van der Waals surface area contributed by atoms with Crippen molar-refractivity contribution in [2.45, 2.75) is 59.0 Å². The minimum atomic E-state index is -0.623. The van der Waals surface area contributed by atoms with Gasteiger partial charge in [0.2, 0.25) is 11.8 Å². The molecule has 0 bridgehead atoms. The molecule has 1 fully saturated rings. The number of rotatable bonds is 9. The summed E-state index contributed by atoms with van der Waals surface area (Å²) in [5.41, 5.74) is 0. The molecule has 0 spiro atoms. The molecular weight excluding hydrogens is 280 g/mol. The predicted octanol–water partition coefficient (Wildman–Crippen LogP) is 1.82. The van der Waals surface area contributed by atoms with Crippen LogP contribution >= 0.6 is 0 Å². The SMILES string of the molecule is C/C=C/[C@@H](CC1CC1)C(=O)N[C@H](C(=O)N[C@@H](C)C=O)C(C)C. The average Bonchev–Trinajstić information content (AvgIpc) is 3.27. The van der Waals surface area contributed by atoms with Crippen LogP contribution in [0.3, 0.4) is 0 Å². The van der Waals surface area contributed by atoms with E-state index in [2.05, 4.69) is 10.6 Å². The molecule has 2 amide bonds. The highest BCUT2D eigenvalue weighted by Crippen LogP contribution is 2.35. The van der Waals surface area contributed by atoms with Gasteiger partial charge in [-0.05, 0) is 32.1 Å². The zero-order chi connectivity index (χ0) is 16.7. The van der Waals surface area contributed by atoms with E-state index in [4.69, 9.17) is 0 Å². The third-order valence-corrected chi connectivity index (χ3v) is 3.87. The van der Waals surface area contributed by atoms with Gasteiger partial charge in [-0.1, -0.05) is 38.8 Å². The van der Waals surface area contributed by atoms with Crippen molar-refractivity contribution in [1.29, 1.82) is 0 Å². The molecule has 0 aromatic carbocycles. The van der Waals surface area contributed by atoms with Gasteiger partial charge in [0.15, 0.2) is 0 Å². The highest BCUT2D eigenvalue weighted by molar-refractivity contribution is 5.90. The van der Waals surface area contributed by atoms with Crippen molar-refractivity contribution in [3.63, 3.8) is 0 Å². The molecule has 5 nitrogen and oxygen atoms in total. The molecule has 1 aliphatic carbocycles. The number of hydrogen-bond acceptors (Lipinski definition) is 3. The predicted molar refractivity (Wildman–Crippen MR) is 86.1 cm³/mol. The Morgan fingerprint density at radius 2 is 1.77 bits per heavy atom. The number of allylic oxidation sites excluding steroid dienone is 1. The monoisotopic (exact) mass is 308 g/mol. The molecule has 0 heterocycles. The lowest BCUT2D eigenvalue weighted by Crippen LogP contribution is -2.53. The first-order chi connectivity index (χ1) is 10.4. The van der Waals surface area contributed by atoms with Crippen molar-refractivity contribution in [2.75, 3.05) is 0 Å². The zero-order valence-corrected chi connectivity index (χ0v) is 14.0. The highest BCUT2D eigenvalue weighted by Gasteiger charge is 2.31. The largest absolute Gasteiger partial charge is 0.345 e. The van der Waals surface area contributed by atoms with Crippen LogP contribution in [0.2, 0.25) is 0 Å². The molecule has 1 rings (SSSR count). The summed E-state index contributed by atoms with van der Waals surface area (Å²) in [6, 6.07) is -1.18. The topological polar surface area (TPSA) is 75.3 Å². The van der Waals surface area contributed by atoms with Crippen molar-refractivity contribution in [3.05, 3.63) is 12.2 Å². The Kier molecular flexibility index (Phi) is 7.28. The molecule has 1 aliphatic rings. The van der Waals surface area contributed by atoms with E-state index in [1.807, 2.05) is 32.9 Å². The maximum Gasteiger partial charge on any atom is 0.243 e. The van der Waals surface area contributed by atoms with Gasteiger partial charge < -0.3 is 15.4 Å². The molecule has 2 N–H and O–H groups in total. The molecule has 0 aromatic heterocycles. The van der Waals surface area contributed by atoms with Gasteiger partial charge in [-0.3, -0.25) is 9.59 Å². The van der Waals surface area contributed by atoms with E-state index in [0.29, 0.717) is 12.2 Å². The Balaban J connectivity index is 2.68. The number of carbonyl (C=O) groups is 3. The van der Waals surface area contributed by atoms with Gasteiger partial charge in [0, 0.05) is 0 Å². The molecule has 3 atom stereocenters. The van der Waals surface area contributed by atoms with Crippen LogP contribution in [0, 0.1) is 17.8 Å². The van der Waals surface area contributed by atoms with Crippen molar-refractivity contribution in [3.8, 4) is 0 Å². The summed E-state index contributed by atoms with van der Waals surface area (Å²) in [6.45, 7) is 7.26. The molecular formula is C17H28N2O3. The standard InChI is InChI=1S/C17H28N2O3/c1-5-6-14(9-13-7-8-13)16(21)19-15(11(2)3)17(22)18-12(4)10-20/h5-6,10-15H,7-9H2,1-4H3,(H,18,22)(H,19,21)/b6-5+/t12-,14-,15-/m0/s1. The van der Waals surface area contributed by atoms with Crippen LogP contribution in [0.25, 0.3) is 0 Å². The first-order valence-corrected chi connectivity index (χ1v) is 8.07. The first-order valence-electron chi connectivity index (χ1n) is 8.07. The fraction of sp³-hybridized carbons (Fsp3) is 0.706. The third kappa shape index (κ3) is 6.00. The highest BCUT2D eigenvalue weighted by atomic mass is 16.2. The number of aldehydes is 1. The Bertz CT molecular complexity index is 428. The lowest BCUT2D eigenvalue weighted by Gasteiger charge is -2.24. The van der Waals surface area contributed by atoms with Gasteiger partial charge in [-0.25, -0.2) is 0 Å². The smallest absolute Gasteiger partial charge is 0.243 e. The van der Waals surface area contributed by atoms with E-state index >= 15 is 0 Å². The summed E-state index contributed by atoms with van der Waals surface area (Å²) in [4.78, 5) is 35.3. The van der Waals surface area contributed by atoms with Gasteiger partial charge >= 0.3 is 0 Å².